The number of amidine groups is 1. The number of anilines is 1. The maximum atomic E-state index is 10.9. The van der Waals surface area contributed by atoms with E-state index in [1.54, 1.807) is 26.4 Å². The topological polar surface area (TPSA) is 75.6 Å². The van der Waals surface area contributed by atoms with Crippen LogP contribution in [0.5, 0.6) is 5.75 Å². The molecule has 0 aliphatic rings. The largest absolute Gasteiger partial charge is 0.496 e. The molecule has 0 atom stereocenters. The molecule has 22 heavy (non-hydrogen) atoms. The fraction of sp³-hybridized carbons (Fsp3) is 0.188. The van der Waals surface area contributed by atoms with Crippen LogP contribution in [0.1, 0.15) is 11.1 Å². The second-order valence-electron chi connectivity index (χ2n) is 4.39. The number of hydrogen-bond acceptors (Lipinski definition) is 5. The number of methoxy groups -OCH3 is 1. The van der Waals surface area contributed by atoms with E-state index in [9.17, 15) is 4.79 Å². The predicted octanol–water partition coefficient (Wildman–Crippen LogP) is 1.82. The third-order valence-electron chi connectivity index (χ3n) is 3.10. The van der Waals surface area contributed by atoms with Crippen LogP contribution in [0.15, 0.2) is 47.6 Å². The number of rotatable bonds is 6. The van der Waals surface area contributed by atoms with Crippen LogP contribution >= 0.6 is 0 Å². The van der Waals surface area contributed by atoms with Crippen molar-refractivity contribution < 1.29 is 9.53 Å². The summed E-state index contributed by atoms with van der Waals surface area (Å²) < 4.78 is 5.30. The zero-order chi connectivity index (χ0) is 15.8. The third-order valence-corrected chi connectivity index (χ3v) is 3.10. The SMILES string of the molecule is CNc1ncccc1C(=NCc1ccccc1OC)NC=O. The van der Waals surface area contributed by atoms with Gasteiger partial charge in [-0.25, -0.2) is 4.98 Å². The Labute approximate surface area is 129 Å². The number of ether oxygens (including phenoxy) is 1. The number of amides is 1. The summed E-state index contributed by atoms with van der Waals surface area (Å²) in [5, 5.41) is 5.61. The van der Waals surface area contributed by atoms with Crippen molar-refractivity contribution in [2.24, 2.45) is 4.99 Å². The van der Waals surface area contributed by atoms with Crippen LogP contribution in [0.4, 0.5) is 5.82 Å². The van der Waals surface area contributed by atoms with E-state index < -0.39 is 0 Å². The molecular weight excluding hydrogens is 280 g/mol. The lowest BCUT2D eigenvalue weighted by atomic mass is 10.2. The van der Waals surface area contributed by atoms with Gasteiger partial charge in [0, 0.05) is 18.8 Å². The number of nitrogens with one attached hydrogen (secondary N) is 2. The highest BCUT2D eigenvalue weighted by Crippen LogP contribution is 2.19. The Balaban J connectivity index is 2.33. The van der Waals surface area contributed by atoms with Gasteiger partial charge in [-0.1, -0.05) is 18.2 Å². The number of hydrogen-bond donors (Lipinski definition) is 2. The Kier molecular flexibility index (Phi) is 5.48. The Morgan fingerprint density at radius 2 is 2.14 bits per heavy atom. The van der Waals surface area contributed by atoms with Gasteiger partial charge in [0.05, 0.1) is 19.2 Å². The summed E-state index contributed by atoms with van der Waals surface area (Å²) in [4.78, 5) is 19.6. The molecule has 0 fully saturated rings. The van der Waals surface area contributed by atoms with Gasteiger partial charge in [0.25, 0.3) is 0 Å². The van der Waals surface area contributed by atoms with Gasteiger partial charge in [-0.3, -0.25) is 9.79 Å². The minimum absolute atomic E-state index is 0.387. The van der Waals surface area contributed by atoms with E-state index in [-0.39, 0.29) is 0 Å². The van der Waals surface area contributed by atoms with Crippen LogP contribution in [-0.4, -0.2) is 31.4 Å². The highest BCUT2D eigenvalue weighted by molar-refractivity contribution is 6.06. The fourth-order valence-electron chi connectivity index (χ4n) is 2.06. The molecule has 6 nitrogen and oxygen atoms in total. The first-order chi connectivity index (χ1) is 10.8. The van der Waals surface area contributed by atoms with Crippen molar-refractivity contribution in [3.05, 3.63) is 53.7 Å². The molecule has 0 spiro atoms. The number of benzene rings is 1. The standard InChI is InChI=1S/C16H18N4O2/c1-17-15-13(7-5-9-18-15)16(20-11-21)19-10-12-6-3-4-8-14(12)22-2/h3-9,11H,10H2,1-2H3,(H,17,18)(H,19,20,21). The average molecular weight is 298 g/mol. The van der Waals surface area contributed by atoms with Crippen LogP contribution in [0.3, 0.4) is 0 Å². The average Bonchev–Trinajstić information content (AvgIpc) is 2.58. The minimum atomic E-state index is 0.387. The monoisotopic (exact) mass is 298 g/mol. The Morgan fingerprint density at radius 3 is 2.86 bits per heavy atom. The number of para-hydroxylation sites is 1. The van der Waals surface area contributed by atoms with Crippen molar-refractivity contribution in [2.45, 2.75) is 6.54 Å². The zero-order valence-electron chi connectivity index (χ0n) is 12.5. The van der Waals surface area contributed by atoms with E-state index in [2.05, 4.69) is 20.6 Å². The molecular formula is C16H18N4O2. The van der Waals surface area contributed by atoms with Crippen LogP contribution in [0.2, 0.25) is 0 Å². The van der Waals surface area contributed by atoms with E-state index in [1.165, 1.54) is 0 Å². The minimum Gasteiger partial charge on any atom is -0.496 e. The van der Waals surface area contributed by atoms with Gasteiger partial charge in [0.15, 0.2) is 0 Å². The van der Waals surface area contributed by atoms with Crippen molar-refractivity contribution in [3.8, 4) is 5.75 Å². The Hall–Kier alpha value is -2.89. The number of carbonyl (C=O) groups excluding carboxylic acids is 1. The van der Waals surface area contributed by atoms with Crippen molar-refractivity contribution >= 4 is 18.1 Å². The molecule has 2 aromatic rings. The summed E-state index contributed by atoms with van der Waals surface area (Å²) >= 11 is 0. The molecule has 2 rings (SSSR count). The van der Waals surface area contributed by atoms with Gasteiger partial charge in [-0.05, 0) is 18.2 Å². The summed E-state index contributed by atoms with van der Waals surface area (Å²) in [6.45, 7) is 0.387. The van der Waals surface area contributed by atoms with E-state index >= 15 is 0 Å². The normalized spacial score (nSPS) is 10.9. The van der Waals surface area contributed by atoms with Crippen LogP contribution in [-0.2, 0) is 11.3 Å². The summed E-state index contributed by atoms with van der Waals surface area (Å²) in [7, 11) is 3.39. The summed E-state index contributed by atoms with van der Waals surface area (Å²) in [6.07, 6.45) is 2.28. The van der Waals surface area contributed by atoms with Gasteiger partial charge >= 0.3 is 0 Å². The van der Waals surface area contributed by atoms with E-state index in [0.29, 0.717) is 24.6 Å². The molecule has 0 radical (unpaired) electrons. The molecule has 0 saturated carbocycles. The fourth-order valence-corrected chi connectivity index (χ4v) is 2.06. The van der Waals surface area contributed by atoms with Gasteiger partial charge in [0.1, 0.15) is 17.4 Å². The third kappa shape index (κ3) is 3.60. The van der Waals surface area contributed by atoms with Crippen LogP contribution < -0.4 is 15.4 Å². The first-order valence-electron chi connectivity index (χ1n) is 6.79. The molecule has 0 aliphatic heterocycles. The number of aromatic nitrogens is 1. The maximum absolute atomic E-state index is 10.9. The van der Waals surface area contributed by atoms with Gasteiger partial charge < -0.3 is 15.4 Å². The number of aliphatic imine (C=N–C) groups is 1. The molecule has 6 heteroatoms. The summed E-state index contributed by atoms with van der Waals surface area (Å²) in [6, 6.07) is 11.3. The molecule has 1 heterocycles. The number of nitrogens with zero attached hydrogens (tertiary/aromatic N) is 2. The molecule has 1 amide bonds. The second kappa shape index (κ2) is 7.78. The lowest BCUT2D eigenvalue weighted by Gasteiger charge is -2.11. The van der Waals surface area contributed by atoms with Crippen molar-refractivity contribution in [1.82, 2.24) is 10.3 Å². The first-order valence-corrected chi connectivity index (χ1v) is 6.79. The maximum Gasteiger partial charge on any atom is 0.212 e. The smallest absolute Gasteiger partial charge is 0.212 e. The highest BCUT2D eigenvalue weighted by atomic mass is 16.5. The Morgan fingerprint density at radius 1 is 1.32 bits per heavy atom. The highest BCUT2D eigenvalue weighted by Gasteiger charge is 2.09. The van der Waals surface area contributed by atoms with Crippen LogP contribution in [0, 0.1) is 0 Å². The van der Waals surface area contributed by atoms with Gasteiger partial charge in [0.2, 0.25) is 6.41 Å². The molecule has 2 N–H and O–H groups in total. The first kappa shape index (κ1) is 15.5. The van der Waals surface area contributed by atoms with Gasteiger partial charge in [-0.2, -0.15) is 0 Å². The van der Waals surface area contributed by atoms with Crippen molar-refractivity contribution in [1.29, 1.82) is 0 Å². The van der Waals surface area contributed by atoms with E-state index in [1.807, 2.05) is 30.3 Å². The predicted molar refractivity (Wildman–Crippen MR) is 86.2 cm³/mol. The lowest BCUT2D eigenvalue weighted by molar-refractivity contribution is -0.108. The Bertz CT molecular complexity index is 671. The molecule has 1 aromatic heterocycles. The van der Waals surface area contributed by atoms with E-state index in [4.69, 9.17) is 4.74 Å². The molecule has 114 valence electrons. The lowest BCUT2D eigenvalue weighted by Crippen LogP contribution is -2.24. The quantitative estimate of drug-likeness (QED) is 0.484. The molecule has 0 bridgehead atoms. The second-order valence-corrected chi connectivity index (χ2v) is 4.39. The number of pyridine rings is 1. The number of carbonyl (C=O) groups is 1. The van der Waals surface area contributed by atoms with E-state index in [0.717, 1.165) is 16.9 Å². The molecule has 1 aromatic carbocycles. The van der Waals surface area contributed by atoms with Crippen molar-refractivity contribution in [3.63, 3.8) is 0 Å². The molecule has 0 aliphatic carbocycles. The summed E-state index contributed by atoms with van der Waals surface area (Å²) in [5.74, 6) is 1.87. The van der Waals surface area contributed by atoms with Gasteiger partial charge in [-0.15, -0.1) is 0 Å². The zero-order valence-corrected chi connectivity index (χ0v) is 12.5. The molecule has 0 unspecified atom stereocenters. The van der Waals surface area contributed by atoms with Crippen LogP contribution in [0.25, 0.3) is 0 Å². The van der Waals surface area contributed by atoms with Crippen molar-refractivity contribution in [2.75, 3.05) is 19.5 Å². The molecule has 0 saturated heterocycles. The summed E-state index contributed by atoms with van der Waals surface area (Å²) in [5.41, 5.74) is 1.66.